The molecule has 10 nitrogen and oxygen atoms in total. The summed E-state index contributed by atoms with van der Waals surface area (Å²) in [7, 11) is 1.22. The zero-order valence-electron chi connectivity index (χ0n) is 25.9. The molecule has 0 aliphatic carbocycles. The Morgan fingerprint density at radius 3 is 2.40 bits per heavy atom. The molecule has 2 aliphatic heterocycles. The number of nitrogens with zero attached hydrogens (tertiary/aromatic N) is 2. The number of nitrogens with one attached hydrogen (secondary N) is 1. The molecular formula is C36H31F2N3O7. The molecule has 48 heavy (non-hydrogen) atoms. The maximum absolute atomic E-state index is 14.0. The second kappa shape index (κ2) is 13.9. The Morgan fingerprint density at radius 2 is 1.69 bits per heavy atom. The molecule has 1 fully saturated rings. The lowest BCUT2D eigenvalue weighted by molar-refractivity contribution is -0.136. The van der Waals surface area contributed by atoms with E-state index in [1.165, 1.54) is 35.1 Å². The van der Waals surface area contributed by atoms with Gasteiger partial charge in [-0.25, -0.2) is 18.5 Å². The summed E-state index contributed by atoms with van der Waals surface area (Å²) < 4.78 is 44.2. The van der Waals surface area contributed by atoms with Crippen LogP contribution < -0.4 is 19.7 Å². The summed E-state index contributed by atoms with van der Waals surface area (Å²) in [5.74, 6) is -2.93. The Bertz CT molecular complexity index is 1870. The number of hydrogen-bond acceptors (Lipinski definition) is 7. The summed E-state index contributed by atoms with van der Waals surface area (Å²) in [6.45, 7) is 0.329. The van der Waals surface area contributed by atoms with Crippen molar-refractivity contribution in [3.05, 3.63) is 113 Å². The number of amides is 4. The molecule has 4 aromatic rings. The molecule has 12 heteroatoms. The smallest absolute Gasteiger partial charge is 0.418 e. The number of carbonyl (C=O) groups excluding carboxylic acids is 4. The number of aryl methyl sites for hydroxylation is 1. The fraction of sp³-hybridized carbons (Fsp3) is 0.222. The molecule has 1 atom stereocenters. The van der Waals surface area contributed by atoms with E-state index < -0.39 is 35.6 Å². The Balaban J connectivity index is 1.33. The van der Waals surface area contributed by atoms with E-state index >= 15 is 0 Å². The number of imide groups is 1. The largest absolute Gasteiger partial charge is 0.491 e. The zero-order chi connectivity index (χ0) is 33.8. The highest BCUT2D eigenvalue weighted by atomic mass is 19.2. The van der Waals surface area contributed by atoms with Gasteiger partial charge in [0.15, 0.2) is 17.4 Å². The average Bonchev–Trinajstić information content (AvgIpc) is 3.42. The minimum Gasteiger partial charge on any atom is -0.491 e. The number of hydrogen-bond donors (Lipinski definition) is 1. The van der Waals surface area contributed by atoms with Crippen molar-refractivity contribution in [2.45, 2.75) is 38.3 Å². The Hall–Kier alpha value is -5.78. The molecule has 0 radical (unpaired) electrons. The fourth-order valence-electron chi connectivity index (χ4n) is 5.80. The maximum atomic E-state index is 14.0. The minimum absolute atomic E-state index is 0.0790. The van der Waals surface area contributed by atoms with Gasteiger partial charge in [-0.1, -0.05) is 36.4 Å². The van der Waals surface area contributed by atoms with Crippen LogP contribution in [0.2, 0.25) is 0 Å². The van der Waals surface area contributed by atoms with E-state index in [0.29, 0.717) is 24.1 Å². The van der Waals surface area contributed by atoms with E-state index in [1.54, 1.807) is 24.3 Å². The molecule has 0 bridgehead atoms. The van der Waals surface area contributed by atoms with Crippen LogP contribution in [-0.2, 0) is 27.3 Å². The van der Waals surface area contributed by atoms with Crippen molar-refractivity contribution in [1.82, 2.24) is 10.2 Å². The predicted octanol–water partition coefficient (Wildman–Crippen LogP) is 6.43. The number of piperidine rings is 1. The summed E-state index contributed by atoms with van der Waals surface area (Å²) in [5, 5.41) is 2.31. The molecular weight excluding hydrogens is 624 g/mol. The van der Waals surface area contributed by atoms with Crippen LogP contribution in [0.3, 0.4) is 0 Å². The van der Waals surface area contributed by atoms with Crippen LogP contribution in [0.15, 0.2) is 84.9 Å². The summed E-state index contributed by atoms with van der Waals surface area (Å²) in [6.07, 6.45) is 0.841. The lowest BCUT2D eigenvalue weighted by atomic mass is 10.0. The number of carbonyl (C=O) groups is 4. The van der Waals surface area contributed by atoms with Crippen molar-refractivity contribution in [1.29, 1.82) is 0 Å². The Morgan fingerprint density at radius 1 is 0.938 bits per heavy atom. The van der Waals surface area contributed by atoms with Gasteiger partial charge in [-0.05, 0) is 72.9 Å². The van der Waals surface area contributed by atoms with Crippen LogP contribution in [-0.4, -0.2) is 48.5 Å². The van der Waals surface area contributed by atoms with E-state index in [1.807, 2.05) is 30.3 Å². The Kier molecular flexibility index (Phi) is 9.33. The van der Waals surface area contributed by atoms with Crippen molar-refractivity contribution in [3.63, 3.8) is 0 Å². The van der Waals surface area contributed by atoms with Gasteiger partial charge in [0.25, 0.3) is 5.91 Å². The summed E-state index contributed by atoms with van der Waals surface area (Å²) >= 11 is 0. The summed E-state index contributed by atoms with van der Waals surface area (Å²) in [5.41, 5.74) is 2.49. The van der Waals surface area contributed by atoms with Gasteiger partial charge in [-0.15, -0.1) is 0 Å². The zero-order valence-corrected chi connectivity index (χ0v) is 25.9. The van der Waals surface area contributed by atoms with Crippen LogP contribution in [0, 0.1) is 11.6 Å². The van der Waals surface area contributed by atoms with E-state index in [2.05, 4.69) is 5.32 Å². The highest BCUT2D eigenvalue weighted by molar-refractivity contribution is 6.09. The number of rotatable bonds is 10. The van der Waals surface area contributed by atoms with E-state index in [9.17, 15) is 28.0 Å². The van der Waals surface area contributed by atoms with E-state index in [-0.39, 0.29) is 60.4 Å². The first kappa shape index (κ1) is 32.2. The lowest BCUT2D eigenvalue weighted by Gasteiger charge is -2.29. The van der Waals surface area contributed by atoms with Gasteiger partial charge >= 0.3 is 6.09 Å². The maximum Gasteiger partial charge on any atom is 0.418 e. The summed E-state index contributed by atoms with van der Waals surface area (Å²) in [6, 6.07) is 21.7. The van der Waals surface area contributed by atoms with E-state index in [0.717, 1.165) is 17.7 Å². The van der Waals surface area contributed by atoms with Gasteiger partial charge in [0.2, 0.25) is 11.8 Å². The first-order valence-corrected chi connectivity index (χ1v) is 15.3. The van der Waals surface area contributed by atoms with Gasteiger partial charge < -0.3 is 19.1 Å². The first-order chi connectivity index (χ1) is 23.2. The molecule has 1 saturated heterocycles. The highest BCUT2D eigenvalue weighted by Crippen LogP contribution is 2.43. The molecule has 0 aromatic heterocycles. The highest BCUT2D eigenvalue weighted by Gasteiger charge is 2.42. The second-order valence-corrected chi connectivity index (χ2v) is 11.3. The molecule has 2 heterocycles. The molecule has 2 aliphatic rings. The van der Waals surface area contributed by atoms with Crippen molar-refractivity contribution in [2.75, 3.05) is 18.6 Å². The molecule has 0 saturated carbocycles. The predicted molar refractivity (Wildman–Crippen MR) is 170 cm³/mol. The third-order valence-corrected chi connectivity index (χ3v) is 8.14. The van der Waals surface area contributed by atoms with Gasteiger partial charge in [0.05, 0.1) is 30.7 Å². The SMILES string of the molecule is COC(=O)N(c1ccc(Oc2ccc(F)c(F)c2)cc1)c1ccc2c(c1OCCCc1ccccc1)C(=O)N([C@H]1CCC(=O)NC1=O)C2. The number of halogens is 2. The monoisotopic (exact) mass is 655 g/mol. The average molecular weight is 656 g/mol. The number of anilines is 2. The molecule has 4 amide bonds. The quantitative estimate of drug-likeness (QED) is 0.155. The van der Waals surface area contributed by atoms with Crippen LogP contribution >= 0.6 is 0 Å². The minimum atomic E-state index is -1.06. The van der Waals surface area contributed by atoms with Gasteiger partial charge in [0.1, 0.15) is 17.5 Å². The lowest BCUT2D eigenvalue weighted by Crippen LogP contribution is -2.52. The van der Waals surface area contributed by atoms with Gasteiger partial charge in [-0.2, -0.15) is 0 Å². The third kappa shape index (κ3) is 6.68. The fourth-order valence-corrected chi connectivity index (χ4v) is 5.80. The molecule has 0 unspecified atom stereocenters. The van der Waals surface area contributed by atoms with Crippen molar-refractivity contribution in [3.8, 4) is 17.2 Å². The molecule has 0 spiro atoms. The molecule has 246 valence electrons. The molecule has 4 aromatic carbocycles. The van der Waals surface area contributed by atoms with Crippen LogP contribution in [0.25, 0.3) is 0 Å². The molecule has 6 rings (SSSR count). The number of ether oxygens (including phenoxy) is 3. The van der Waals surface area contributed by atoms with Crippen LogP contribution in [0.5, 0.6) is 17.2 Å². The normalized spacial score (nSPS) is 15.5. The van der Waals surface area contributed by atoms with Crippen LogP contribution in [0.1, 0.15) is 40.7 Å². The van der Waals surface area contributed by atoms with Crippen molar-refractivity contribution >= 4 is 35.2 Å². The van der Waals surface area contributed by atoms with Gasteiger partial charge in [0, 0.05) is 19.0 Å². The number of benzene rings is 4. The van der Waals surface area contributed by atoms with E-state index in [4.69, 9.17) is 14.2 Å². The standard InChI is InChI=1S/C36H31F2N3O7/c1-46-36(45)41(24-10-12-25(13-11-24)48-26-14-15-27(37)28(38)20-26)29-16-9-23-21-40(30-17-18-31(42)39-34(30)43)35(44)32(23)33(29)47-19-5-8-22-6-3-2-4-7-22/h2-4,6-7,9-16,20,30H,5,8,17-19,21H2,1H3,(H,39,42,43)/t30-/m0/s1. The second-order valence-electron chi connectivity index (χ2n) is 11.3. The first-order valence-electron chi connectivity index (χ1n) is 15.3. The topological polar surface area (TPSA) is 114 Å². The third-order valence-electron chi connectivity index (χ3n) is 8.14. The Labute approximate surface area is 274 Å². The van der Waals surface area contributed by atoms with Crippen LogP contribution in [0.4, 0.5) is 25.0 Å². The van der Waals surface area contributed by atoms with Crippen molar-refractivity contribution in [2.24, 2.45) is 0 Å². The van der Waals surface area contributed by atoms with Gasteiger partial charge in [-0.3, -0.25) is 19.7 Å². The number of methoxy groups -OCH3 is 1. The number of fused-ring (bicyclic) bond motifs is 1. The summed E-state index contributed by atoms with van der Waals surface area (Å²) in [4.78, 5) is 54.5. The molecule has 1 N–H and O–H groups in total. The van der Waals surface area contributed by atoms with Crippen molar-refractivity contribution < 1.29 is 42.2 Å².